The van der Waals surface area contributed by atoms with E-state index in [1.54, 1.807) is 11.3 Å². The maximum atomic E-state index is 4.31. The quantitative estimate of drug-likeness (QED) is 0.883. The molecule has 0 aliphatic carbocycles. The summed E-state index contributed by atoms with van der Waals surface area (Å²) in [6.45, 7) is 5.20. The molecule has 2 rings (SSSR count). The van der Waals surface area contributed by atoms with Crippen LogP contribution < -0.4 is 5.32 Å². The van der Waals surface area contributed by atoms with Gasteiger partial charge in [-0.15, -0.1) is 11.3 Å². The predicted octanol–water partition coefficient (Wildman–Crippen LogP) is 2.08. The molecule has 0 aliphatic rings. The molecule has 0 saturated carbocycles. The van der Waals surface area contributed by atoms with Gasteiger partial charge < -0.3 is 5.32 Å². The second kappa shape index (κ2) is 5.42. The Morgan fingerprint density at radius 2 is 2.29 bits per heavy atom. The lowest BCUT2D eigenvalue weighted by atomic mass is 10.0. The van der Waals surface area contributed by atoms with Crippen LogP contribution >= 0.6 is 11.3 Å². The average Bonchev–Trinajstić information content (AvgIpc) is 2.91. The molecular weight excluding hydrogens is 232 g/mol. The number of hydrogen-bond donors (Lipinski definition) is 1. The lowest BCUT2D eigenvalue weighted by molar-refractivity contribution is 0.549. The van der Waals surface area contributed by atoms with Crippen molar-refractivity contribution in [3.05, 3.63) is 34.0 Å². The molecular formula is C12H18N4S. The molecule has 2 aromatic heterocycles. The van der Waals surface area contributed by atoms with E-state index in [2.05, 4.69) is 29.2 Å². The zero-order chi connectivity index (χ0) is 12.3. The van der Waals surface area contributed by atoms with E-state index in [0.717, 1.165) is 13.0 Å². The molecule has 1 atom stereocenters. The summed E-state index contributed by atoms with van der Waals surface area (Å²) in [5.74, 6) is 0. The highest BCUT2D eigenvalue weighted by Gasteiger charge is 2.16. The van der Waals surface area contributed by atoms with E-state index in [0.29, 0.717) is 6.04 Å². The van der Waals surface area contributed by atoms with Crippen molar-refractivity contribution in [3.8, 4) is 0 Å². The van der Waals surface area contributed by atoms with Crippen molar-refractivity contribution in [1.29, 1.82) is 0 Å². The number of rotatable bonds is 5. The number of likely N-dealkylation sites (N-methyl/N-ethyl adjacent to an activating group) is 1. The first kappa shape index (κ1) is 12.3. The highest BCUT2D eigenvalue weighted by atomic mass is 32.1. The first-order chi connectivity index (χ1) is 8.22. The van der Waals surface area contributed by atoms with Crippen LogP contribution in [0.3, 0.4) is 0 Å². The zero-order valence-corrected chi connectivity index (χ0v) is 11.3. The van der Waals surface area contributed by atoms with Crippen molar-refractivity contribution >= 4 is 11.3 Å². The van der Waals surface area contributed by atoms with Crippen LogP contribution in [0.1, 0.15) is 29.1 Å². The molecule has 0 spiro atoms. The average molecular weight is 250 g/mol. The molecule has 0 fully saturated rings. The van der Waals surface area contributed by atoms with E-state index in [-0.39, 0.29) is 0 Å². The largest absolute Gasteiger partial charge is 0.310 e. The van der Waals surface area contributed by atoms with Gasteiger partial charge in [-0.2, -0.15) is 5.10 Å². The molecule has 17 heavy (non-hydrogen) atoms. The summed E-state index contributed by atoms with van der Waals surface area (Å²) < 4.78 is 1.92. The molecule has 1 unspecified atom stereocenters. The van der Waals surface area contributed by atoms with Gasteiger partial charge in [0, 0.05) is 41.8 Å². The van der Waals surface area contributed by atoms with Crippen molar-refractivity contribution in [2.45, 2.75) is 26.3 Å². The van der Waals surface area contributed by atoms with Crippen LogP contribution in [0.5, 0.6) is 0 Å². The van der Waals surface area contributed by atoms with Crippen LogP contribution in [-0.4, -0.2) is 21.3 Å². The van der Waals surface area contributed by atoms with Gasteiger partial charge in [0.25, 0.3) is 0 Å². The molecule has 0 aromatic carbocycles. The third-order valence-corrected chi connectivity index (χ3v) is 3.79. The highest BCUT2D eigenvalue weighted by molar-refractivity contribution is 7.09. The molecule has 0 bridgehead atoms. The fourth-order valence-corrected chi connectivity index (χ4v) is 2.58. The summed E-state index contributed by atoms with van der Waals surface area (Å²) in [5, 5.41) is 7.83. The van der Waals surface area contributed by atoms with Gasteiger partial charge in [-0.1, -0.05) is 6.92 Å². The van der Waals surface area contributed by atoms with Gasteiger partial charge in [0.1, 0.15) is 0 Å². The van der Waals surface area contributed by atoms with Crippen LogP contribution in [0.2, 0.25) is 0 Å². The highest BCUT2D eigenvalue weighted by Crippen LogP contribution is 2.22. The van der Waals surface area contributed by atoms with Gasteiger partial charge in [0.15, 0.2) is 0 Å². The summed E-state index contributed by atoms with van der Waals surface area (Å²) in [7, 11) is 1.98. The Labute approximate surface area is 106 Å². The minimum absolute atomic E-state index is 0.328. The van der Waals surface area contributed by atoms with E-state index in [1.807, 2.05) is 29.6 Å². The maximum Gasteiger partial charge on any atom is 0.0794 e. The van der Waals surface area contributed by atoms with Gasteiger partial charge in [-0.05, 0) is 13.5 Å². The minimum Gasteiger partial charge on any atom is -0.310 e. The first-order valence-electron chi connectivity index (χ1n) is 5.81. The number of nitrogens with one attached hydrogen (secondary N) is 1. The van der Waals surface area contributed by atoms with Crippen molar-refractivity contribution < 1.29 is 0 Å². The van der Waals surface area contributed by atoms with Crippen LogP contribution in [0.4, 0.5) is 0 Å². The Morgan fingerprint density at radius 3 is 2.82 bits per heavy atom. The normalized spacial score (nSPS) is 12.9. The second-order valence-electron chi connectivity index (χ2n) is 4.09. The Hall–Kier alpha value is -1.20. The van der Waals surface area contributed by atoms with E-state index in [1.165, 1.54) is 16.1 Å². The molecule has 2 aromatic rings. The van der Waals surface area contributed by atoms with Gasteiger partial charge in [0.05, 0.1) is 11.7 Å². The summed E-state index contributed by atoms with van der Waals surface area (Å²) in [4.78, 5) is 5.43. The lowest BCUT2D eigenvalue weighted by Crippen LogP contribution is -2.23. The molecule has 2 heterocycles. The summed E-state index contributed by atoms with van der Waals surface area (Å²) in [6.07, 6.45) is 4.88. The lowest BCUT2D eigenvalue weighted by Gasteiger charge is -2.16. The number of aromatic nitrogens is 3. The first-order valence-corrected chi connectivity index (χ1v) is 6.69. The molecule has 5 heteroatoms. The van der Waals surface area contributed by atoms with Crippen molar-refractivity contribution in [2.75, 3.05) is 6.54 Å². The van der Waals surface area contributed by atoms with Crippen LogP contribution in [0.25, 0.3) is 0 Å². The van der Waals surface area contributed by atoms with E-state index < -0.39 is 0 Å². The van der Waals surface area contributed by atoms with Crippen molar-refractivity contribution in [2.24, 2.45) is 7.05 Å². The topological polar surface area (TPSA) is 42.7 Å². The molecule has 4 nitrogen and oxygen atoms in total. The Morgan fingerprint density at radius 1 is 1.47 bits per heavy atom. The van der Waals surface area contributed by atoms with E-state index >= 15 is 0 Å². The third kappa shape index (κ3) is 2.73. The Bertz CT molecular complexity index is 461. The van der Waals surface area contributed by atoms with Gasteiger partial charge in [-0.25, -0.2) is 0 Å². The predicted molar refractivity (Wildman–Crippen MR) is 70.2 cm³/mol. The van der Waals surface area contributed by atoms with Crippen molar-refractivity contribution in [1.82, 2.24) is 20.1 Å². The van der Waals surface area contributed by atoms with E-state index in [4.69, 9.17) is 0 Å². The standard InChI is InChI=1S/C12H18N4S/c1-4-14-12(5-10-6-13-8-17-10)11-7-15-16(3)9(11)2/h6-8,12,14H,4-5H2,1-3H3. The Balaban J connectivity index is 2.20. The summed E-state index contributed by atoms with van der Waals surface area (Å²) in [5.41, 5.74) is 4.39. The van der Waals surface area contributed by atoms with Gasteiger partial charge >= 0.3 is 0 Å². The molecule has 0 saturated heterocycles. The SMILES string of the molecule is CCNC(Cc1cncs1)c1cnn(C)c1C. The molecule has 0 amide bonds. The van der Waals surface area contributed by atoms with Gasteiger partial charge in [0.2, 0.25) is 0 Å². The number of nitrogens with zero attached hydrogens (tertiary/aromatic N) is 3. The summed E-state index contributed by atoms with van der Waals surface area (Å²) in [6, 6.07) is 0.328. The van der Waals surface area contributed by atoms with Gasteiger partial charge in [-0.3, -0.25) is 9.67 Å². The smallest absolute Gasteiger partial charge is 0.0794 e. The molecule has 0 radical (unpaired) electrons. The third-order valence-electron chi connectivity index (χ3n) is 2.99. The Kier molecular flexibility index (Phi) is 3.91. The molecule has 1 N–H and O–H groups in total. The van der Waals surface area contributed by atoms with Crippen LogP contribution in [0, 0.1) is 6.92 Å². The minimum atomic E-state index is 0.328. The second-order valence-corrected chi connectivity index (χ2v) is 5.06. The van der Waals surface area contributed by atoms with Crippen molar-refractivity contribution in [3.63, 3.8) is 0 Å². The number of aryl methyl sites for hydroxylation is 1. The van der Waals surface area contributed by atoms with E-state index in [9.17, 15) is 0 Å². The van der Waals surface area contributed by atoms with Crippen LogP contribution in [0.15, 0.2) is 17.9 Å². The molecule has 0 aliphatic heterocycles. The molecule has 92 valence electrons. The number of thiazole rings is 1. The number of hydrogen-bond acceptors (Lipinski definition) is 4. The van der Waals surface area contributed by atoms with Crippen LogP contribution in [-0.2, 0) is 13.5 Å². The maximum absolute atomic E-state index is 4.31. The monoisotopic (exact) mass is 250 g/mol. The fraction of sp³-hybridized carbons (Fsp3) is 0.500. The fourth-order valence-electron chi connectivity index (χ4n) is 1.94. The summed E-state index contributed by atoms with van der Waals surface area (Å²) >= 11 is 1.71. The zero-order valence-electron chi connectivity index (χ0n) is 10.5.